The van der Waals surface area contributed by atoms with Gasteiger partial charge < -0.3 is 29.1 Å². The average molecular weight is 706 g/mol. The number of primary amides is 2. The second kappa shape index (κ2) is 28.9. The number of amides is 2. The number of hydrogen-bond donors (Lipinski definition) is 5. The summed E-state index contributed by atoms with van der Waals surface area (Å²) in [6.45, 7) is 11.6. The van der Waals surface area contributed by atoms with Crippen LogP contribution in [0.15, 0.2) is 85.2 Å². The predicted octanol–water partition coefficient (Wildman–Crippen LogP) is 1.83. The summed E-state index contributed by atoms with van der Waals surface area (Å²) >= 11 is 0. The number of nitrogens with two attached hydrogens (primary N) is 3. The molecule has 0 aliphatic carbocycles. The number of rotatable bonds is 14. The van der Waals surface area contributed by atoms with Gasteiger partial charge in [0.1, 0.15) is 6.29 Å². The van der Waals surface area contributed by atoms with E-state index in [1.54, 1.807) is 30.3 Å². The Kier molecular flexibility index (Phi) is 28.0. The van der Waals surface area contributed by atoms with E-state index in [0.29, 0.717) is 23.1 Å². The molecule has 3 radical (unpaired) electrons. The van der Waals surface area contributed by atoms with Crippen LogP contribution in [0.25, 0.3) is 0 Å². The third kappa shape index (κ3) is 22.0. The molecule has 8 N–H and O–H groups in total. The van der Waals surface area contributed by atoms with Crippen LogP contribution >= 0.6 is 0 Å². The van der Waals surface area contributed by atoms with E-state index in [0.717, 1.165) is 74.7 Å². The van der Waals surface area contributed by atoms with Crippen molar-refractivity contribution in [1.82, 2.24) is 15.3 Å². The molecule has 4 aromatic rings. The largest absolute Gasteiger partial charge is 1.00 e. The normalized spacial score (nSPS) is 9.75. The van der Waals surface area contributed by atoms with Crippen molar-refractivity contribution in [3.05, 3.63) is 130 Å². The first kappa shape index (κ1) is 49.4. The summed E-state index contributed by atoms with van der Waals surface area (Å²) in [5, 5.41) is 10.5. The van der Waals surface area contributed by atoms with Crippen molar-refractivity contribution in [2.45, 2.75) is 59.9 Å². The summed E-state index contributed by atoms with van der Waals surface area (Å²) < 4.78 is 0. The van der Waals surface area contributed by atoms with E-state index in [4.69, 9.17) is 22.3 Å². The number of aliphatic hydroxyl groups is 1. The molecule has 269 valence electrons. The van der Waals surface area contributed by atoms with Gasteiger partial charge in [-0.2, -0.15) is 0 Å². The number of nitrogens with zero attached hydrogens (tertiary/aromatic N) is 2. The minimum absolute atomic E-state index is 0. The van der Waals surface area contributed by atoms with Gasteiger partial charge in [-0.05, 0) is 78.7 Å². The molecule has 2 aromatic heterocycles. The van der Waals surface area contributed by atoms with Crippen molar-refractivity contribution in [2.75, 3.05) is 20.2 Å². The standard InChI is InChI=1S/C19H25N3O.C14H12N2O2.C5H13N.CH4O.B.Na.H/c1-14(2)9-10-21-12-16-5-3-15(4-6-16)11-18-8-7-17(13-22-18)19(20)23;15-14(18)12-5-6-13(16-8-12)7-10-1-3-11(9-17)4-2-10;1-5(2)3-4-6;1-2;;;/h3-8,13-14,21H,9-12H2,1-2H3,(H2,20,23);1-6,8-9H,7H2,(H2,15,18);5H,3-4,6H2,1-2H3;2H,1H3;;;/q;;;;;+1;-1. The first-order valence-electron chi connectivity index (χ1n) is 16.5. The Morgan fingerprint density at radius 2 is 1.14 bits per heavy atom. The van der Waals surface area contributed by atoms with Gasteiger partial charge in [0.2, 0.25) is 11.8 Å². The van der Waals surface area contributed by atoms with Crippen molar-refractivity contribution in [3.8, 4) is 0 Å². The maximum absolute atomic E-state index is 11.0. The Morgan fingerprint density at radius 3 is 1.45 bits per heavy atom. The van der Waals surface area contributed by atoms with Crippen molar-refractivity contribution in [1.29, 1.82) is 0 Å². The molecule has 10 nitrogen and oxygen atoms in total. The van der Waals surface area contributed by atoms with Crippen LogP contribution in [0.3, 0.4) is 0 Å². The number of nitrogens with one attached hydrogen (secondary N) is 1. The van der Waals surface area contributed by atoms with Crippen LogP contribution in [-0.2, 0) is 19.4 Å². The van der Waals surface area contributed by atoms with Crippen molar-refractivity contribution >= 4 is 26.5 Å². The zero-order valence-electron chi connectivity index (χ0n) is 32.1. The van der Waals surface area contributed by atoms with Gasteiger partial charge in [-0.3, -0.25) is 24.4 Å². The van der Waals surface area contributed by atoms with Crippen LogP contribution in [0.4, 0.5) is 0 Å². The van der Waals surface area contributed by atoms with Gasteiger partial charge in [-0.1, -0.05) is 76.2 Å². The van der Waals surface area contributed by atoms with E-state index < -0.39 is 11.8 Å². The number of benzene rings is 2. The molecule has 0 aliphatic rings. The molecule has 2 aromatic carbocycles. The van der Waals surface area contributed by atoms with E-state index in [9.17, 15) is 14.4 Å². The Labute approximate surface area is 329 Å². The minimum Gasteiger partial charge on any atom is -1.00 e. The zero-order valence-corrected chi connectivity index (χ0v) is 33.1. The van der Waals surface area contributed by atoms with Gasteiger partial charge in [-0.15, -0.1) is 0 Å². The van der Waals surface area contributed by atoms with Crippen molar-refractivity contribution < 1.29 is 50.5 Å². The molecule has 0 bridgehead atoms. The summed E-state index contributed by atoms with van der Waals surface area (Å²) in [6.07, 6.45) is 7.56. The third-order valence-electron chi connectivity index (χ3n) is 7.10. The fourth-order valence-corrected chi connectivity index (χ4v) is 4.21. The number of carbonyl (C=O) groups is 3. The first-order valence-corrected chi connectivity index (χ1v) is 16.5. The average Bonchev–Trinajstić information content (AvgIpc) is 3.09. The summed E-state index contributed by atoms with van der Waals surface area (Å²) in [7, 11) is 1.00. The fourth-order valence-electron chi connectivity index (χ4n) is 4.21. The number of aliphatic hydroxyl groups excluding tert-OH is 1. The van der Waals surface area contributed by atoms with E-state index in [1.165, 1.54) is 29.9 Å². The second-order valence-electron chi connectivity index (χ2n) is 12.2. The number of aldehydes is 1. The molecule has 2 heterocycles. The molecule has 4 rings (SSSR count). The molecule has 0 unspecified atom stereocenters. The summed E-state index contributed by atoms with van der Waals surface area (Å²) in [5.74, 6) is 0.580. The SMILES string of the molecule is CC(C)CCN.CC(C)CCNCc1ccc(Cc2ccc(C(N)=O)cn2)cc1.CO.NC(=O)c1ccc(Cc2ccc(C=O)cc2)nc1.[B].[H-].[Na+]. The molecular formula is C39H55BN6NaO4. The Bertz CT molecular complexity index is 1510. The molecule has 2 amide bonds. The Balaban J connectivity index is -0.000000742. The van der Waals surface area contributed by atoms with E-state index in [1.807, 2.05) is 18.2 Å². The van der Waals surface area contributed by atoms with Crippen LogP contribution in [0, 0.1) is 11.8 Å². The maximum Gasteiger partial charge on any atom is 1.00 e. The van der Waals surface area contributed by atoms with Gasteiger partial charge in [0.15, 0.2) is 0 Å². The van der Waals surface area contributed by atoms with Crippen molar-refractivity contribution in [2.24, 2.45) is 29.0 Å². The second-order valence-corrected chi connectivity index (χ2v) is 12.2. The maximum atomic E-state index is 11.0. The summed E-state index contributed by atoms with van der Waals surface area (Å²) in [6, 6.07) is 22.8. The predicted molar refractivity (Wildman–Crippen MR) is 204 cm³/mol. The molecule has 0 atom stereocenters. The molecule has 12 heteroatoms. The van der Waals surface area contributed by atoms with Gasteiger partial charge in [0, 0.05) is 64.3 Å². The van der Waals surface area contributed by atoms with E-state index in [-0.39, 0.29) is 39.4 Å². The molecule has 51 heavy (non-hydrogen) atoms. The van der Waals surface area contributed by atoms with Crippen LogP contribution < -0.4 is 52.1 Å². The molecule has 0 fully saturated rings. The molecule has 0 spiro atoms. The van der Waals surface area contributed by atoms with Crippen LogP contribution in [0.5, 0.6) is 0 Å². The monoisotopic (exact) mass is 705 g/mol. The van der Waals surface area contributed by atoms with Crippen LogP contribution in [0.1, 0.15) is 101 Å². The summed E-state index contributed by atoms with van der Waals surface area (Å²) in [4.78, 5) is 40.9. The van der Waals surface area contributed by atoms with Crippen molar-refractivity contribution in [3.63, 3.8) is 0 Å². The molecule has 0 saturated heterocycles. The zero-order chi connectivity index (χ0) is 36.6. The number of aromatic nitrogens is 2. The Hall–Kier alpha value is -3.71. The van der Waals surface area contributed by atoms with E-state index >= 15 is 0 Å². The van der Waals surface area contributed by atoms with Gasteiger partial charge in [0.25, 0.3) is 0 Å². The number of pyridine rings is 2. The molecular weight excluding hydrogens is 650 g/mol. The van der Waals surface area contributed by atoms with E-state index in [2.05, 4.69) is 67.2 Å². The third-order valence-corrected chi connectivity index (χ3v) is 7.10. The number of hydrogen-bond acceptors (Lipinski definition) is 8. The molecule has 0 aliphatic heterocycles. The fraction of sp³-hybridized carbons (Fsp3) is 0.359. The minimum atomic E-state index is -0.482. The Morgan fingerprint density at radius 1 is 0.725 bits per heavy atom. The first-order chi connectivity index (χ1) is 23.5. The summed E-state index contributed by atoms with van der Waals surface area (Å²) in [5.41, 5.74) is 22.4. The van der Waals surface area contributed by atoms with Gasteiger partial charge >= 0.3 is 29.6 Å². The molecule has 0 saturated carbocycles. The van der Waals surface area contributed by atoms with Crippen LogP contribution in [0.2, 0.25) is 0 Å². The topological polar surface area (TPSA) is 187 Å². The quantitative estimate of drug-likeness (QED) is 0.0747. The number of carbonyl (C=O) groups excluding carboxylic acids is 3. The van der Waals surface area contributed by atoms with Crippen LogP contribution in [-0.4, -0.2) is 61.8 Å². The smallest absolute Gasteiger partial charge is 1.00 e. The van der Waals surface area contributed by atoms with Gasteiger partial charge in [0.05, 0.1) is 11.1 Å². The van der Waals surface area contributed by atoms with Gasteiger partial charge in [-0.25, -0.2) is 0 Å².